The maximum atomic E-state index is 13.2. The predicted molar refractivity (Wildman–Crippen MR) is 112 cm³/mol. The molecule has 6 nitrogen and oxygen atoms in total. The van der Waals surface area contributed by atoms with Crippen molar-refractivity contribution >= 4 is 32.6 Å². The molecule has 0 aliphatic carbocycles. The molecular formula is C20H27N5OS. The van der Waals surface area contributed by atoms with E-state index in [4.69, 9.17) is 4.98 Å². The highest BCUT2D eigenvalue weighted by atomic mass is 32.1. The number of hydrogen-bond acceptors (Lipinski definition) is 5. The minimum Gasteiger partial charge on any atom is -0.302 e. The number of thiazole rings is 1. The fourth-order valence-corrected chi connectivity index (χ4v) is 4.08. The first-order valence-electron chi connectivity index (χ1n) is 9.50. The van der Waals surface area contributed by atoms with Crippen LogP contribution in [0.2, 0.25) is 0 Å². The number of rotatable bonds is 8. The molecule has 144 valence electrons. The number of benzene rings is 1. The van der Waals surface area contributed by atoms with Crippen molar-refractivity contribution in [2.24, 2.45) is 0 Å². The molecule has 0 unspecified atom stereocenters. The molecule has 1 amide bonds. The van der Waals surface area contributed by atoms with Crippen molar-refractivity contribution in [1.82, 2.24) is 19.7 Å². The molecule has 2 heterocycles. The number of aryl methyl sites for hydroxylation is 2. The second-order valence-corrected chi connectivity index (χ2v) is 7.52. The summed E-state index contributed by atoms with van der Waals surface area (Å²) >= 11 is 1.56. The number of carbonyl (C=O) groups excluding carboxylic acids is 1. The van der Waals surface area contributed by atoms with Crippen molar-refractivity contribution in [1.29, 1.82) is 0 Å². The quantitative estimate of drug-likeness (QED) is 0.592. The molecule has 0 N–H and O–H groups in total. The van der Waals surface area contributed by atoms with E-state index in [1.54, 1.807) is 27.0 Å². The van der Waals surface area contributed by atoms with Crippen molar-refractivity contribution in [2.75, 3.05) is 31.1 Å². The average molecular weight is 386 g/mol. The molecule has 27 heavy (non-hydrogen) atoms. The topological polar surface area (TPSA) is 54.3 Å². The van der Waals surface area contributed by atoms with Gasteiger partial charge in [-0.15, -0.1) is 0 Å². The van der Waals surface area contributed by atoms with Crippen molar-refractivity contribution in [3.63, 3.8) is 0 Å². The van der Waals surface area contributed by atoms with Gasteiger partial charge >= 0.3 is 0 Å². The van der Waals surface area contributed by atoms with Crippen molar-refractivity contribution in [2.45, 2.75) is 34.2 Å². The summed E-state index contributed by atoms with van der Waals surface area (Å²) in [5.74, 6) is -0.0925. The third-order valence-electron chi connectivity index (χ3n) is 4.73. The Morgan fingerprint density at radius 1 is 1.15 bits per heavy atom. The Bertz CT molecular complexity index is 912. The van der Waals surface area contributed by atoms with Gasteiger partial charge in [0.25, 0.3) is 5.91 Å². The summed E-state index contributed by atoms with van der Waals surface area (Å²) in [5.41, 5.74) is 2.59. The Morgan fingerprint density at radius 2 is 1.93 bits per heavy atom. The van der Waals surface area contributed by atoms with E-state index in [1.807, 2.05) is 19.2 Å². The lowest BCUT2D eigenvalue weighted by molar-refractivity contribution is 0.0978. The Labute approximate surface area is 164 Å². The predicted octanol–water partition coefficient (Wildman–Crippen LogP) is 3.81. The summed E-state index contributed by atoms with van der Waals surface area (Å²) in [6.07, 6.45) is 1.84. The molecule has 0 fully saturated rings. The zero-order valence-corrected chi connectivity index (χ0v) is 17.3. The van der Waals surface area contributed by atoms with Crippen LogP contribution in [-0.4, -0.2) is 51.8 Å². The first-order chi connectivity index (χ1) is 13.0. The normalized spacial score (nSPS) is 11.4. The summed E-state index contributed by atoms with van der Waals surface area (Å²) in [7, 11) is 0. The number of carbonyl (C=O) groups is 1. The maximum absolute atomic E-state index is 13.2. The Kier molecular flexibility index (Phi) is 6.23. The summed E-state index contributed by atoms with van der Waals surface area (Å²) in [6, 6.07) is 7.98. The largest absolute Gasteiger partial charge is 0.302 e. The molecule has 0 saturated carbocycles. The van der Waals surface area contributed by atoms with Crippen molar-refractivity contribution in [3.8, 4) is 0 Å². The van der Waals surface area contributed by atoms with Crippen molar-refractivity contribution in [3.05, 3.63) is 41.7 Å². The van der Waals surface area contributed by atoms with E-state index in [9.17, 15) is 4.79 Å². The number of aromatic nitrogens is 3. The SMILES string of the molecule is CCN(CC)CCN(C(=O)c1ccn(CC)n1)c1nc2ccc(C)cc2s1. The lowest BCUT2D eigenvalue weighted by atomic mass is 10.2. The van der Waals surface area contributed by atoms with Gasteiger partial charge in [0.1, 0.15) is 0 Å². The smallest absolute Gasteiger partial charge is 0.280 e. The standard InChI is InChI=1S/C20H27N5OS/c1-5-23(6-2)12-13-25(19(26)17-10-11-24(7-3)22-17)20-21-16-9-8-15(4)14-18(16)27-20/h8-11,14H,5-7,12-13H2,1-4H3. The maximum Gasteiger partial charge on any atom is 0.280 e. The van der Waals surface area contributed by atoms with Gasteiger partial charge in [0, 0.05) is 25.8 Å². The van der Waals surface area contributed by atoms with Crippen LogP contribution in [0.5, 0.6) is 0 Å². The van der Waals surface area contributed by atoms with Gasteiger partial charge in [0.05, 0.1) is 10.2 Å². The summed E-state index contributed by atoms with van der Waals surface area (Å²) in [4.78, 5) is 22.0. The summed E-state index contributed by atoms with van der Waals surface area (Å²) in [5, 5.41) is 5.13. The third kappa shape index (κ3) is 4.36. The van der Waals surface area contributed by atoms with Crippen LogP contribution < -0.4 is 4.90 Å². The van der Waals surface area contributed by atoms with Crippen LogP contribution in [0, 0.1) is 6.92 Å². The van der Waals surface area contributed by atoms with Crippen molar-refractivity contribution < 1.29 is 4.79 Å². The van der Waals surface area contributed by atoms with E-state index in [2.05, 4.69) is 42.9 Å². The second kappa shape index (κ2) is 8.63. The number of amides is 1. The number of fused-ring (bicyclic) bond motifs is 1. The third-order valence-corrected chi connectivity index (χ3v) is 5.77. The van der Waals surface area contributed by atoms with Crippen LogP contribution in [0.15, 0.2) is 30.5 Å². The fraction of sp³-hybridized carbons (Fsp3) is 0.450. The molecule has 0 atom stereocenters. The second-order valence-electron chi connectivity index (χ2n) is 6.51. The number of likely N-dealkylation sites (N-methyl/N-ethyl adjacent to an activating group) is 1. The Morgan fingerprint density at radius 3 is 2.59 bits per heavy atom. The molecule has 0 saturated heterocycles. The first-order valence-corrected chi connectivity index (χ1v) is 10.3. The van der Waals surface area contributed by atoms with Gasteiger partial charge in [-0.2, -0.15) is 5.10 Å². The van der Waals surface area contributed by atoms with E-state index in [-0.39, 0.29) is 5.91 Å². The van der Waals surface area contributed by atoms with Gasteiger partial charge in [0.2, 0.25) is 0 Å². The zero-order chi connectivity index (χ0) is 19.4. The molecule has 0 bridgehead atoms. The van der Waals surface area contributed by atoms with E-state index in [1.165, 1.54) is 5.56 Å². The zero-order valence-electron chi connectivity index (χ0n) is 16.5. The minimum absolute atomic E-state index is 0.0925. The molecule has 0 spiro atoms. The molecule has 0 aliphatic heterocycles. The average Bonchev–Trinajstić information content (AvgIpc) is 3.31. The Hall–Kier alpha value is -2.25. The van der Waals surface area contributed by atoms with Crippen LogP contribution in [0.4, 0.5) is 5.13 Å². The molecule has 3 rings (SSSR count). The van der Waals surface area contributed by atoms with Gasteiger partial charge in [-0.05, 0) is 50.7 Å². The van der Waals surface area contributed by atoms with Gasteiger partial charge in [-0.25, -0.2) is 4.98 Å². The van der Waals surface area contributed by atoms with E-state index in [0.29, 0.717) is 12.2 Å². The van der Waals surface area contributed by atoms with Gasteiger partial charge in [-0.1, -0.05) is 31.3 Å². The summed E-state index contributed by atoms with van der Waals surface area (Å²) < 4.78 is 2.88. The lowest BCUT2D eigenvalue weighted by Gasteiger charge is -2.24. The monoisotopic (exact) mass is 385 g/mol. The molecule has 3 aromatic rings. The molecule has 2 aromatic heterocycles. The molecule has 0 aliphatic rings. The fourth-order valence-electron chi connectivity index (χ4n) is 2.99. The van der Waals surface area contributed by atoms with E-state index >= 15 is 0 Å². The molecule has 1 aromatic carbocycles. The molecule has 0 radical (unpaired) electrons. The van der Waals surface area contributed by atoms with Gasteiger partial charge in [0.15, 0.2) is 10.8 Å². The summed E-state index contributed by atoms with van der Waals surface area (Å²) in [6.45, 7) is 12.4. The van der Waals surface area contributed by atoms with E-state index < -0.39 is 0 Å². The van der Waals surface area contributed by atoms with E-state index in [0.717, 1.165) is 41.5 Å². The van der Waals surface area contributed by atoms with Crippen LogP contribution >= 0.6 is 11.3 Å². The highest BCUT2D eigenvalue weighted by Gasteiger charge is 2.23. The Balaban J connectivity index is 1.93. The number of anilines is 1. The van der Waals surface area contributed by atoms with Crippen LogP contribution in [-0.2, 0) is 6.54 Å². The van der Waals surface area contributed by atoms with Crippen LogP contribution in [0.1, 0.15) is 36.8 Å². The molecule has 7 heteroatoms. The minimum atomic E-state index is -0.0925. The first kappa shape index (κ1) is 19.5. The van der Waals surface area contributed by atoms with Crippen LogP contribution in [0.25, 0.3) is 10.2 Å². The number of hydrogen-bond donors (Lipinski definition) is 0. The number of nitrogens with zero attached hydrogens (tertiary/aromatic N) is 5. The highest BCUT2D eigenvalue weighted by Crippen LogP contribution is 2.30. The van der Waals surface area contributed by atoms with Crippen LogP contribution in [0.3, 0.4) is 0 Å². The van der Waals surface area contributed by atoms with Gasteiger partial charge in [-0.3, -0.25) is 14.4 Å². The van der Waals surface area contributed by atoms with Gasteiger partial charge < -0.3 is 4.90 Å². The highest BCUT2D eigenvalue weighted by molar-refractivity contribution is 7.22. The molecular weight excluding hydrogens is 358 g/mol. The lowest BCUT2D eigenvalue weighted by Crippen LogP contribution is -2.39.